The van der Waals surface area contributed by atoms with Gasteiger partial charge in [0.15, 0.2) is 18.7 Å². The molecule has 4 rings (SSSR count). The fourth-order valence-electron chi connectivity index (χ4n) is 3.22. The zero-order chi connectivity index (χ0) is 17.1. The Bertz CT molecular complexity index is 936. The lowest BCUT2D eigenvalue weighted by atomic mass is 10.0. The van der Waals surface area contributed by atoms with Crippen molar-refractivity contribution in [3.8, 4) is 16.9 Å². The number of ether oxygens (including phenoxy) is 2. The van der Waals surface area contributed by atoms with Crippen LogP contribution in [0.15, 0.2) is 59.0 Å². The predicted octanol–water partition coefficient (Wildman–Crippen LogP) is 3.30. The Balaban J connectivity index is 2.01. The number of morpholine rings is 1. The third-order valence-electron chi connectivity index (χ3n) is 4.45. The Morgan fingerprint density at radius 1 is 1.00 bits per heavy atom. The van der Waals surface area contributed by atoms with Gasteiger partial charge in [0.2, 0.25) is 0 Å². The summed E-state index contributed by atoms with van der Waals surface area (Å²) in [5.41, 5.74) is 3.91. The van der Waals surface area contributed by atoms with Crippen LogP contribution in [0.2, 0.25) is 0 Å². The van der Waals surface area contributed by atoms with Crippen molar-refractivity contribution in [2.24, 2.45) is 0 Å². The van der Waals surface area contributed by atoms with E-state index in [1.807, 2.05) is 31.2 Å². The average molecular weight is 336 g/mol. The predicted molar refractivity (Wildman–Crippen MR) is 98.6 cm³/mol. The summed E-state index contributed by atoms with van der Waals surface area (Å²) in [5, 5.41) is 1.00. The molecule has 0 amide bonds. The molecular weight excluding hydrogens is 314 g/mol. The second-order valence-corrected chi connectivity index (χ2v) is 6.03. The van der Waals surface area contributed by atoms with Crippen LogP contribution in [0.3, 0.4) is 0 Å². The van der Waals surface area contributed by atoms with Gasteiger partial charge in [-0.3, -0.25) is 0 Å². The minimum absolute atomic E-state index is 0.622. The fraction of sp³-hybridized carbons (Fsp3) is 0.286. The Labute approximate surface area is 146 Å². The maximum Gasteiger partial charge on any atom is 0.371 e. The third kappa shape index (κ3) is 3.17. The van der Waals surface area contributed by atoms with Gasteiger partial charge < -0.3 is 13.9 Å². The molecule has 0 aliphatic carbocycles. The summed E-state index contributed by atoms with van der Waals surface area (Å²) in [5.74, 6) is 0.864. The van der Waals surface area contributed by atoms with E-state index in [9.17, 15) is 0 Å². The van der Waals surface area contributed by atoms with Crippen LogP contribution >= 0.6 is 0 Å². The molecule has 0 radical (unpaired) electrons. The average Bonchev–Trinajstić information content (AvgIpc) is 2.69. The lowest BCUT2D eigenvalue weighted by Gasteiger charge is -2.12. The molecule has 1 saturated heterocycles. The Morgan fingerprint density at radius 3 is 2.56 bits per heavy atom. The molecular formula is C21H22NO3+. The minimum atomic E-state index is 0.622. The fourth-order valence-corrected chi connectivity index (χ4v) is 3.22. The molecule has 25 heavy (non-hydrogen) atoms. The first-order chi connectivity index (χ1) is 12.4. The lowest BCUT2D eigenvalue weighted by molar-refractivity contribution is 0.0926. The normalized spacial score (nSPS) is 14.7. The van der Waals surface area contributed by atoms with Gasteiger partial charge in [0.05, 0.1) is 18.1 Å². The van der Waals surface area contributed by atoms with E-state index in [0.29, 0.717) is 6.61 Å². The summed E-state index contributed by atoms with van der Waals surface area (Å²) in [6.45, 7) is 5.72. The Morgan fingerprint density at radius 2 is 1.80 bits per heavy atom. The first kappa shape index (κ1) is 15.9. The van der Waals surface area contributed by atoms with Gasteiger partial charge >= 0.3 is 5.55 Å². The number of benzene rings is 2. The second kappa shape index (κ2) is 7.11. The summed E-state index contributed by atoms with van der Waals surface area (Å²) in [6, 6.07) is 18.5. The van der Waals surface area contributed by atoms with Crippen molar-refractivity contribution in [3.63, 3.8) is 0 Å². The van der Waals surface area contributed by atoms with Crippen LogP contribution in [0.25, 0.3) is 22.1 Å². The van der Waals surface area contributed by atoms with Crippen LogP contribution in [0.4, 0.5) is 0 Å². The van der Waals surface area contributed by atoms with Gasteiger partial charge in [0, 0.05) is 5.56 Å². The summed E-state index contributed by atoms with van der Waals surface area (Å²) >= 11 is 0. The zero-order valence-electron chi connectivity index (χ0n) is 14.4. The van der Waals surface area contributed by atoms with Crippen molar-refractivity contribution in [1.82, 2.24) is 4.58 Å². The molecule has 128 valence electrons. The highest BCUT2D eigenvalue weighted by molar-refractivity contribution is 5.95. The highest BCUT2D eigenvalue weighted by Gasteiger charge is 2.18. The van der Waals surface area contributed by atoms with E-state index >= 15 is 0 Å². The quantitative estimate of drug-likeness (QED) is 0.688. The maximum absolute atomic E-state index is 6.36. The summed E-state index contributed by atoms with van der Waals surface area (Å²) in [6.07, 6.45) is 0. The monoisotopic (exact) mass is 336 g/mol. The number of rotatable bonds is 3. The molecule has 3 aromatic rings. The number of nitrogens with zero attached hydrogens (tertiary/aromatic N) is 1. The van der Waals surface area contributed by atoms with Crippen molar-refractivity contribution in [3.05, 3.63) is 60.2 Å². The molecule has 0 bridgehead atoms. The molecule has 1 fully saturated rings. The number of hydrogen-bond donors (Lipinski definition) is 0. The molecule has 0 N–H and O–H groups in total. The summed E-state index contributed by atoms with van der Waals surface area (Å²) in [7, 11) is 0. The number of fused-ring (bicyclic) bond motifs is 1. The Hall–Kier alpha value is -2.59. The molecule has 4 nitrogen and oxygen atoms in total. The lowest BCUT2D eigenvalue weighted by Crippen LogP contribution is -2.39. The molecule has 2 aromatic carbocycles. The van der Waals surface area contributed by atoms with Crippen LogP contribution in [-0.4, -0.2) is 32.9 Å². The van der Waals surface area contributed by atoms with Gasteiger partial charge in [-0.25, -0.2) is 0 Å². The van der Waals surface area contributed by atoms with Crippen molar-refractivity contribution in [2.45, 2.75) is 6.92 Å². The molecule has 0 spiro atoms. The van der Waals surface area contributed by atoms with Gasteiger partial charge in [0.25, 0.3) is 0 Å². The summed E-state index contributed by atoms with van der Waals surface area (Å²) < 4.78 is 20.0. The van der Waals surface area contributed by atoms with Crippen molar-refractivity contribution < 1.29 is 13.9 Å². The molecule has 0 atom stereocenters. The minimum Gasteiger partial charge on any atom is -0.493 e. The summed E-state index contributed by atoms with van der Waals surface area (Å²) in [4.78, 5) is 0. The van der Waals surface area contributed by atoms with Crippen LogP contribution in [0.5, 0.6) is 5.75 Å². The van der Waals surface area contributed by atoms with Gasteiger partial charge in [0.1, 0.15) is 19.0 Å². The van der Waals surface area contributed by atoms with Crippen LogP contribution in [0.1, 0.15) is 6.92 Å². The topological polar surface area (TPSA) is 34.6 Å². The van der Waals surface area contributed by atoms with E-state index in [0.717, 1.165) is 59.7 Å². The van der Waals surface area contributed by atoms with E-state index in [2.05, 4.69) is 34.9 Å². The molecule has 1 aromatic heterocycles. The smallest absolute Gasteiger partial charge is 0.371 e. The number of para-hydroxylation sites is 1. The standard InChI is InChI=1S/C21H22NO3/c1-2-24-19-15-20(22-11-13-23-14-12-22)25-21-17(9-6-10-18(19)21)16-7-4-3-5-8-16/h3-10,15H,2,11-14H2,1H3/q+1. The molecule has 4 heteroatoms. The zero-order valence-corrected chi connectivity index (χ0v) is 14.4. The molecule has 2 heterocycles. The van der Waals surface area contributed by atoms with Crippen molar-refractivity contribution >= 4 is 11.0 Å². The number of hydrogen-bond acceptors (Lipinski definition) is 3. The van der Waals surface area contributed by atoms with E-state index in [-0.39, 0.29) is 0 Å². The van der Waals surface area contributed by atoms with Crippen molar-refractivity contribution in [1.29, 1.82) is 0 Å². The third-order valence-corrected chi connectivity index (χ3v) is 4.45. The van der Waals surface area contributed by atoms with Crippen molar-refractivity contribution in [2.75, 3.05) is 32.9 Å². The SMILES string of the molecule is CCOc1cc(=[N+]2CCOCC2)oc2c(-c3ccccc3)cccc12. The van der Waals surface area contributed by atoms with E-state index in [4.69, 9.17) is 13.9 Å². The van der Waals surface area contributed by atoms with E-state index < -0.39 is 0 Å². The maximum atomic E-state index is 6.36. The highest BCUT2D eigenvalue weighted by atomic mass is 16.5. The van der Waals surface area contributed by atoms with E-state index in [1.165, 1.54) is 0 Å². The highest BCUT2D eigenvalue weighted by Crippen LogP contribution is 2.32. The Kier molecular flexibility index (Phi) is 4.53. The van der Waals surface area contributed by atoms with Crippen LogP contribution in [0, 0.1) is 0 Å². The van der Waals surface area contributed by atoms with Gasteiger partial charge in [-0.2, -0.15) is 4.58 Å². The van der Waals surface area contributed by atoms with Crippen LogP contribution in [-0.2, 0) is 4.74 Å². The molecule has 0 saturated carbocycles. The van der Waals surface area contributed by atoms with Gasteiger partial charge in [-0.05, 0) is 18.6 Å². The largest absolute Gasteiger partial charge is 0.493 e. The first-order valence-electron chi connectivity index (χ1n) is 8.77. The van der Waals surface area contributed by atoms with E-state index in [1.54, 1.807) is 0 Å². The van der Waals surface area contributed by atoms with Gasteiger partial charge in [-0.1, -0.05) is 42.5 Å². The van der Waals surface area contributed by atoms with Crippen LogP contribution < -0.4 is 14.9 Å². The molecule has 0 unspecified atom stereocenters. The molecule has 1 aliphatic heterocycles. The first-order valence-corrected chi connectivity index (χ1v) is 8.77. The second-order valence-electron chi connectivity index (χ2n) is 6.03. The van der Waals surface area contributed by atoms with Gasteiger partial charge in [-0.15, -0.1) is 0 Å². The molecule has 1 aliphatic rings.